The van der Waals surface area contributed by atoms with Crippen LogP contribution in [-0.2, 0) is 12.0 Å². The quantitative estimate of drug-likeness (QED) is 0.538. The molecule has 24 heavy (non-hydrogen) atoms. The summed E-state index contributed by atoms with van der Waals surface area (Å²) < 4.78 is 17.3. The van der Waals surface area contributed by atoms with E-state index in [1.807, 2.05) is 0 Å². The smallest absolute Gasteiger partial charge is 0.231 e. The van der Waals surface area contributed by atoms with Crippen LogP contribution in [0.15, 0.2) is 17.7 Å². The van der Waals surface area contributed by atoms with Gasteiger partial charge in [-0.15, -0.1) is 0 Å². The molecule has 3 heterocycles. The zero-order chi connectivity index (χ0) is 16.3. The monoisotopic (exact) mass is 391 g/mol. The minimum Gasteiger partial charge on any atom is -0.492 e. The molecular weight excluding hydrogens is 370 g/mol. The molecule has 3 aliphatic heterocycles. The van der Waals surface area contributed by atoms with Crippen LogP contribution in [0.4, 0.5) is 0 Å². The van der Waals surface area contributed by atoms with E-state index < -0.39 is 0 Å². The molecule has 4 aliphatic rings. The van der Waals surface area contributed by atoms with Crippen LogP contribution >= 0.6 is 15.9 Å². The summed E-state index contributed by atoms with van der Waals surface area (Å²) in [7, 11) is 1.75. The lowest BCUT2D eigenvalue weighted by Crippen LogP contribution is -2.45. The molecule has 1 aromatic rings. The highest BCUT2D eigenvalue weighted by Gasteiger charge is 2.51. The number of allylic oxidation sites excluding steroid dienone is 1. The van der Waals surface area contributed by atoms with E-state index in [-0.39, 0.29) is 12.3 Å². The van der Waals surface area contributed by atoms with Gasteiger partial charge in [0.2, 0.25) is 12.5 Å². The van der Waals surface area contributed by atoms with E-state index in [9.17, 15) is 0 Å². The highest BCUT2D eigenvalue weighted by molar-refractivity contribution is 9.09. The lowest BCUT2D eigenvalue weighted by Gasteiger charge is -2.43. The van der Waals surface area contributed by atoms with Crippen molar-refractivity contribution in [1.82, 2.24) is 4.90 Å². The van der Waals surface area contributed by atoms with E-state index in [1.54, 1.807) is 12.7 Å². The number of alkyl halides is 1. The van der Waals surface area contributed by atoms with Gasteiger partial charge in [0, 0.05) is 16.9 Å². The fraction of sp³-hybridized carbons (Fsp3) is 0.579. The maximum Gasteiger partial charge on any atom is 0.231 e. The van der Waals surface area contributed by atoms with E-state index in [0.29, 0.717) is 4.83 Å². The van der Waals surface area contributed by atoms with Crippen LogP contribution < -0.4 is 14.2 Å². The second-order valence-corrected chi connectivity index (χ2v) is 8.43. The average Bonchev–Trinajstić information content (AvgIpc) is 3.15. The minimum atomic E-state index is 0.00646. The van der Waals surface area contributed by atoms with Crippen molar-refractivity contribution < 1.29 is 14.2 Å². The molecule has 1 fully saturated rings. The van der Waals surface area contributed by atoms with Crippen molar-refractivity contribution >= 4 is 15.9 Å². The Morgan fingerprint density at radius 2 is 2.21 bits per heavy atom. The number of rotatable bonds is 1. The Kier molecular flexibility index (Phi) is 3.39. The van der Waals surface area contributed by atoms with Crippen LogP contribution in [0, 0.1) is 0 Å². The van der Waals surface area contributed by atoms with Gasteiger partial charge in [-0.2, -0.15) is 0 Å². The van der Waals surface area contributed by atoms with Gasteiger partial charge in [-0.3, -0.25) is 4.90 Å². The second kappa shape index (κ2) is 5.40. The van der Waals surface area contributed by atoms with Gasteiger partial charge in [0.25, 0.3) is 0 Å². The van der Waals surface area contributed by atoms with Crippen molar-refractivity contribution in [3.63, 3.8) is 0 Å². The number of hydrogen-bond donors (Lipinski definition) is 0. The molecule has 1 saturated heterocycles. The molecule has 5 rings (SSSR count). The third-order valence-corrected chi connectivity index (χ3v) is 6.78. The predicted octanol–water partition coefficient (Wildman–Crippen LogP) is 3.75. The number of ether oxygens (including phenoxy) is 3. The van der Waals surface area contributed by atoms with E-state index in [1.165, 1.54) is 17.5 Å². The van der Waals surface area contributed by atoms with Crippen molar-refractivity contribution in [2.45, 2.75) is 42.5 Å². The van der Waals surface area contributed by atoms with Gasteiger partial charge in [0.1, 0.15) is 0 Å². The van der Waals surface area contributed by atoms with Crippen molar-refractivity contribution in [3.8, 4) is 17.2 Å². The van der Waals surface area contributed by atoms with Crippen LogP contribution in [0.3, 0.4) is 0 Å². The molecule has 1 spiro atoms. The largest absolute Gasteiger partial charge is 0.492 e. The third-order valence-electron chi connectivity index (χ3n) is 6.09. The van der Waals surface area contributed by atoms with Gasteiger partial charge >= 0.3 is 0 Å². The van der Waals surface area contributed by atoms with Gasteiger partial charge in [-0.05, 0) is 55.9 Å². The van der Waals surface area contributed by atoms with E-state index in [0.717, 1.165) is 56.0 Å². The normalized spacial score (nSPS) is 30.9. The molecule has 0 radical (unpaired) electrons. The highest BCUT2D eigenvalue weighted by atomic mass is 79.9. The van der Waals surface area contributed by atoms with Crippen LogP contribution in [0.25, 0.3) is 0 Å². The molecule has 0 N–H and O–H groups in total. The molecule has 1 aromatic carbocycles. The van der Waals surface area contributed by atoms with Crippen LogP contribution in [-0.4, -0.2) is 36.7 Å². The number of halogens is 1. The number of methoxy groups -OCH3 is 1. The summed E-state index contributed by atoms with van der Waals surface area (Å²) in [4.78, 5) is 3.21. The number of fused-ring (bicyclic) bond motifs is 2. The van der Waals surface area contributed by atoms with Crippen molar-refractivity contribution in [2.75, 3.05) is 27.0 Å². The van der Waals surface area contributed by atoms with E-state index in [2.05, 4.69) is 33.0 Å². The van der Waals surface area contributed by atoms with Crippen LogP contribution in [0.5, 0.6) is 17.2 Å². The van der Waals surface area contributed by atoms with Gasteiger partial charge in [-0.1, -0.05) is 22.0 Å². The molecule has 5 heteroatoms. The van der Waals surface area contributed by atoms with E-state index >= 15 is 0 Å². The Balaban J connectivity index is 1.80. The Labute approximate surface area is 150 Å². The van der Waals surface area contributed by atoms with Gasteiger partial charge in [0.15, 0.2) is 11.5 Å². The molecule has 2 unspecified atom stereocenters. The first-order valence-corrected chi connectivity index (χ1v) is 9.74. The first-order valence-electron chi connectivity index (χ1n) is 8.82. The Morgan fingerprint density at radius 1 is 1.29 bits per heavy atom. The molecule has 128 valence electrons. The summed E-state index contributed by atoms with van der Waals surface area (Å²) in [5, 5.41) is 0. The zero-order valence-electron chi connectivity index (χ0n) is 13.9. The highest BCUT2D eigenvalue weighted by Crippen LogP contribution is 2.57. The zero-order valence-corrected chi connectivity index (χ0v) is 15.5. The number of hydrogen-bond acceptors (Lipinski definition) is 4. The first-order chi connectivity index (χ1) is 11.7. The Hall–Kier alpha value is -1.20. The fourth-order valence-electron chi connectivity index (χ4n) is 5.15. The first kappa shape index (κ1) is 15.1. The molecule has 2 atom stereocenters. The van der Waals surface area contributed by atoms with Gasteiger partial charge in [-0.25, -0.2) is 0 Å². The summed E-state index contributed by atoms with van der Waals surface area (Å²) in [6.45, 7) is 2.58. The Bertz CT molecular complexity index is 732. The molecule has 0 aromatic heterocycles. The van der Waals surface area contributed by atoms with Gasteiger partial charge < -0.3 is 14.2 Å². The van der Waals surface area contributed by atoms with Crippen LogP contribution in [0.2, 0.25) is 0 Å². The minimum absolute atomic E-state index is 0.00646. The SMILES string of the molecule is COc1c2c(cc3c1OCO3)C13CC(Br)CC=C1CCN3CCC2. The molecule has 0 amide bonds. The second-order valence-electron chi connectivity index (χ2n) is 7.14. The summed E-state index contributed by atoms with van der Waals surface area (Å²) in [5.41, 5.74) is 4.29. The maximum absolute atomic E-state index is 5.81. The standard InChI is InChI=1S/C19H22BrNO3/c1-22-17-14-3-2-7-21-8-6-12-4-5-13(20)10-19(12,21)15(14)9-16-18(17)24-11-23-16/h4,9,13H,2-3,5-8,10-11H2,1H3. The van der Waals surface area contributed by atoms with Crippen molar-refractivity contribution in [1.29, 1.82) is 0 Å². The summed E-state index contributed by atoms with van der Waals surface area (Å²) in [5.74, 6) is 2.51. The summed E-state index contributed by atoms with van der Waals surface area (Å²) in [6.07, 6.45) is 8.08. The average molecular weight is 392 g/mol. The molecule has 1 aliphatic carbocycles. The molecular formula is C19H22BrNO3. The maximum atomic E-state index is 5.81. The molecule has 4 nitrogen and oxygen atoms in total. The van der Waals surface area contributed by atoms with Crippen LogP contribution in [0.1, 0.15) is 36.8 Å². The summed E-state index contributed by atoms with van der Waals surface area (Å²) >= 11 is 3.90. The van der Waals surface area contributed by atoms with E-state index in [4.69, 9.17) is 14.2 Å². The topological polar surface area (TPSA) is 30.9 Å². The molecule has 0 saturated carbocycles. The molecule has 0 bridgehead atoms. The third kappa shape index (κ3) is 1.88. The number of benzene rings is 1. The number of nitrogens with zero attached hydrogens (tertiary/aromatic N) is 1. The lowest BCUT2D eigenvalue weighted by molar-refractivity contribution is 0.151. The Morgan fingerprint density at radius 3 is 3.08 bits per heavy atom. The lowest BCUT2D eigenvalue weighted by atomic mass is 9.73. The summed E-state index contributed by atoms with van der Waals surface area (Å²) in [6, 6.07) is 2.24. The predicted molar refractivity (Wildman–Crippen MR) is 95.3 cm³/mol. The van der Waals surface area contributed by atoms with Crippen molar-refractivity contribution in [3.05, 3.63) is 28.8 Å². The van der Waals surface area contributed by atoms with Gasteiger partial charge in [0.05, 0.1) is 12.6 Å². The van der Waals surface area contributed by atoms with Crippen molar-refractivity contribution in [2.24, 2.45) is 0 Å². The fourth-order valence-corrected chi connectivity index (χ4v) is 5.80.